The molecule has 0 unspecified atom stereocenters. The fraction of sp³-hybridized carbons (Fsp3) is 0.412. The van der Waals surface area contributed by atoms with E-state index in [4.69, 9.17) is 16.6 Å². The molecule has 0 radical (unpaired) electrons. The van der Waals surface area contributed by atoms with Crippen LogP contribution in [0.3, 0.4) is 0 Å². The Bertz CT molecular complexity index is 709. The summed E-state index contributed by atoms with van der Waals surface area (Å²) in [4.78, 5) is 22.3. The quantitative estimate of drug-likeness (QED) is 0.941. The third-order valence-electron chi connectivity index (χ3n) is 4.10. The Labute approximate surface area is 135 Å². The zero-order chi connectivity index (χ0) is 15.5. The summed E-state index contributed by atoms with van der Waals surface area (Å²) in [5, 5.41) is 0.676. The summed E-state index contributed by atoms with van der Waals surface area (Å²) >= 11 is 5.91. The maximum atomic E-state index is 12.3. The van der Waals surface area contributed by atoms with E-state index < -0.39 is 0 Å². The number of benzene rings is 1. The van der Waals surface area contributed by atoms with Gasteiger partial charge < -0.3 is 4.98 Å². The summed E-state index contributed by atoms with van der Waals surface area (Å²) in [5.41, 5.74) is 2.63. The van der Waals surface area contributed by atoms with E-state index in [1.165, 1.54) is 12.8 Å². The molecule has 0 saturated heterocycles. The molecule has 1 N–H and O–H groups in total. The first-order chi connectivity index (χ1) is 10.7. The molecule has 0 aliphatic carbocycles. The summed E-state index contributed by atoms with van der Waals surface area (Å²) < 4.78 is 0. The van der Waals surface area contributed by atoms with Crippen LogP contribution in [0.15, 0.2) is 29.1 Å². The van der Waals surface area contributed by atoms with Gasteiger partial charge in [-0.05, 0) is 43.7 Å². The Hall–Kier alpha value is -1.65. The average Bonchev–Trinajstić information content (AvgIpc) is 2.53. The second-order valence-electron chi connectivity index (χ2n) is 5.73. The normalized spacial score (nSPS) is 14.8. The van der Waals surface area contributed by atoms with Crippen LogP contribution >= 0.6 is 11.6 Å². The van der Waals surface area contributed by atoms with Crippen LogP contribution in [0.4, 0.5) is 0 Å². The fourth-order valence-corrected chi connectivity index (χ4v) is 2.94. The Morgan fingerprint density at radius 3 is 2.82 bits per heavy atom. The highest BCUT2D eigenvalue weighted by molar-refractivity contribution is 6.30. The van der Waals surface area contributed by atoms with E-state index in [2.05, 4.69) is 16.8 Å². The molecule has 4 nitrogen and oxygen atoms in total. The van der Waals surface area contributed by atoms with Crippen LogP contribution in [0.25, 0.3) is 11.4 Å². The van der Waals surface area contributed by atoms with Crippen molar-refractivity contribution in [1.82, 2.24) is 14.9 Å². The van der Waals surface area contributed by atoms with Gasteiger partial charge in [0, 0.05) is 29.2 Å². The maximum Gasteiger partial charge on any atom is 0.254 e. The first kappa shape index (κ1) is 15.3. The SMILES string of the molecule is CCCCN1CCc2c(nc(-c3ccc(Cl)cc3)[nH]c2=O)C1. The molecule has 0 amide bonds. The maximum absolute atomic E-state index is 12.3. The molecule has 1 aromatic heterocycles. The highest BCUT2D eigenvalue weighted by Crippen LogP contribution is 2.20. The summed E-state index contributed by atoms with van der Waals surface area (Å²) in [6.07, 6.45) is 3.15. The van der Waals surface area contributed by atoms with E-state index >= 15 is 0 Å². The second-order valence-corrected chi connectivity index (χ2v) is 6.16. The Balaban J connectivity index is 1.91. The molecule has 0 atom stereocenters. The molecule has 0 fully saturated rings. The lowest BCUT2D eigenvalue weighted by molar-refractivity contribution is 0.245. The average molecular weight is 318 g/mol. The van der Waals surface area contributed by atoms with Crippen molar-refractivity contribution in [2.75, 3.05) is 13.1 Å². The first-order valence-corrected chi connectivity index (χ1v) is 8.15. The number of halogens is 1. The molecule has 1 aromatic carbocycles. The Morgan fingerprint density at radius 2 is 2.09 bits per heavy atom. The Kier molecular flexibility index (Phi) is 4.60. The molecule has 22 heavy (non-hydrogen) atoms. The molecular weight excluding hydrogens is 298 g/mol. The zero-order valence-electron chi connectivity index (χ0n) is 12.7. The summed E-state index contributed by atoms with van der Waals surface area (Å²) in [5.74, 6) is 0.623. The highest BCUT2D eigenvalue weighted by atomic mass is 35.5. The van der Waals surface area contributed by atoms with Crippen LogP contribution < -0.4 is 5.56 Å². The number of rotatable bonds is 4. The van der Waals surface area contributed by atoms with Gasteiger partial charge in [0.25, 0.3) is 5.56 Å². The van der Waals surface area contributed by atoms with E-state index in [1.54, 1.807) is 0 Å². The number of nitrogens with zero attached hydrogens (tertiary/aromatic N) is 2. The molecule has 2 heterocycles. The second kappa shape index (κ2) is 6.63. The van der Waals surface area contributed by atoms with Gasteiger partial charge in [0.15, 0.2) is 0 Å². The van der Waals surface area contributed by atoms with Gasteiger partial charge in [0.05, 0.1) is 5.69 Å². The van der Waals surface area contributed by atoms with Gasteiger partial charge in [-0.2, -0.15) is 0 Å². The van der Waals surface area contributed by atoms with Crippen LogP contribution in [-0.4, -0.2) is 28.0 Å². The van der Waals surface area contributed by atoms with Gasteiger partial charge in [-0.15, -0.1) is 0 Å². The number of fused-ring (bicyclic) bond motifs is 1. The minimum atomic E-state index is -0.00917. The van der Waals surface area contributed by atoms with Crippen molar-refractivity contribution in [3.63, 3.8) is 0 Å². The molecular formula is C17H20ClN3O. The van der Waals surface area contributed by atoms with E-state index in [9.17, 15) is 4.79 Å². The number of aromatic nitrogens is 2. The lowest BCUT2D eigenvalue weighted by Crippen LogP contribution is -2.35. The van der Waals surface area contributed by atoms with Crippen molar-refractivity contribution in [3.05, 3.63) is 50.9 Å². The number of nitrogens with one attached hydrogen (secondary N) is 1. The minimum absolute atomic E-state index is 0.00917. The molecule has 0 saturated carbocycles. The van der Waals surface area contributed by atoms with E-state index in [0.717, 1.165) is 42.9 Å². The van der Waals surface area contributed by atoms with Gasteiger partial charge in [-0.1, -0.05) is 24.9 Å². The zero-order valence-corrected chi connectivity index (χ0v) is 13.5. The molecule has 3 rings (SSSR count). The topological polar surface area (TPSA) is 49.0 Å². The van der Waals surface area contributed by atoms with E-state index in [1.807, 2.05) is 24.3 Å². The van der Waals surface area contributed by atoms with Crippen molar-refractivity contribution >= 4 is 11.6 Å². The van der Waals surface area contributed by atoms with Crippen molar-refractivity contribution in [1.29, 1.82) is 0 Å². The van der Waals surface area contributed by atoms with Crippen LogP contribution in [0.5, 0.6) is 0 Å². The largest absolute Gasteiger partial charge is 0.306 e. The Morgan fingerprint density at radius 1 is 1.32 bits per heavy atom. The fourth-order valence-electron chi connectivity index (χ4n) is 2.81. The minimum Gasteiger partial charge on any atom is -0.306 e. The number of H-pyrrole nitrogens is 1. The first-order valence-electron chi connectivity index (χ1n) is 7.77. The predicted molar refractivity (Wildman–Crippen MR) is 89.2 cm³/mol. The van der Waals surface area contributed by atoms with Gasteiger partial charge in [-0.3, -0.25) is 9.69 Å². The van der Waals surface area contributed by atoms with E-state index in [0.29, 0.717) is 10.8 Å². The molecule has 116 valence electrons. The van der Waals surface area contributed by atoms with E-state index in [-0.39, 0.29) is 5.56 Å². The van der Waals surface area contributed by atoms with Gasteiger partial charge in [0.2, 0.25) is 0 Å². The molecule has 0 bridgehead atoms. The third-order valence-corrected chi connectivity index (χ3v) is 4.35. The lowest BCUT2D eigenvalue weighted by atomic mass is 10.1. The number of hydrogen-bond acceptors (Lipinski definition) is 3. The van der Waals surface area contributed by atoms with Crippen molar-refractivity contribution in [2.45, 2.75) is 32.7 Å². The smallest absolute Gasteiger partial charge is 0.254 e. The van der Waals surface area contributed by atoms with Crippen LogP contribution in [-0.2, 0) is 13.0 Å². The third kappa shape index (κ3) is 3.23. The highest BCUT2D eigenvalue weighted by Gasteiger charge is 2.20. The number of unbranched alkanes of at least 4 members (excludes halogenated alkanes) is 1. The van der Waals surface area contributed by atoms with Gasteiger partial charge >= 0.3 is 0 Å². The molecule has 0 spiro atoms. The van der Waals surface area contributed by atoms with Crippen molar-refractivity contribution < 1.29 is 0 Å². The lowest BCUT2D eigenvalue weighted by Gasteiger charge is -2.27. The molecule has 5 heteroatoms. The molecule has 1 aliphatic rings. The van der Waals surface area contributed by atoms with Crippen molar-refractivity contribution in [3.8, 4) is 11.4 Å². The van der Waals surface area contributed by atoms with Crippen LogP contribution in [0.2, 0.25) is 5.02 Å². The summed E-state index contributed by atoms with van der Waals surface area (Å²) in [6, 6.07) is 7.38. The molecule has 1 aliphatic heterocycles. The van der Waals surface area contributed by atoms with Gasteiger partial charge in [-0.25, -0.2) is 4.98 Å². The standard InChI is InChI=1S/C17H20ClN3O/c1-2-3-9-21-10-8-14-15(11-21)19-16(20-17(14)22)12-4-6-13(18)7-5-12/h4-7H,2-3,8-11H2,1H3,(H,19,20,22). The number of hydrogen-bond donors (Lipinski definition) is 1. The van der Waals surface area contributed by atoms with Crippen molar-refractivity contribution in [2.24, 2.45) is 0 Å². The monoisotopic (exact) mass is 317 g/mol. The number of aromatic amines is 1. The summed E-state index contributed by atoms with van der Waals surface area (Å²) in [7, 11) is 0. The van der Waals surface area contributed by atoms with Gasteiger partial charge in [0.1, 0.15) is 5.82 Å². The van der Waals surface area contributed by atoms with Crippen LogP contribution in [0, 0.1) is 0 Å². The predicted octanol–water partition coefficient (Wildman–Crippen LogP) is 3.25. The molecule has 2 aromatic rings. The summed E-state index contributed by atoms with van der Waals surface area (Å²) in [6.45, 7) is 4.97. The van der Waals surface area contributed by atoms with Crippen LogP contribution in [0.1, 0.15) is 31.0 Å².